The van der Waals surface area contributed by atoms with Crippen LogP contribution in [0.4, 0.5) is 26.3 Å². The van der Waals surface area contributed by atoms with Gasteiger partial charge in [0.1, 0.15) is 11.9 Å². The molecule has 0 aliphatic carbocycles. The van der Waals surface area contributed by atoms with E-state index < -0.39 is 24.3 Å². The molecule has 0 radical (unpaired) electrons. The second-order valence-electron chi connectivity index (χ2n) is 17.1. The van der Waals surface area contributed by atoms with Crippen LogP contribution in [-0.4, -0.2) is 96.6 Å². The monoisotopic (exact) mass is 824 g/mol. The molecule has 0 spiro atoms. The van der Waals surface area contributed by atoms with Gasteiger partial charge in [-0.1, -0.05) is 105 Å². The first-order valence-electron chi connectivity index (χ1n) is 17.3. The average molecular weight is 825 g/mol. The summed E-state index contributed by atoms with van der Waals surface area (Å²) >= 11 is 0. The number of hydrogen-bond donors (Lipinski definition) is 4. The Hall–Kier alpha value is -2.07. The Morgan fingerprint density at radius 3 is 0.839 bits per heavy atom. The molecule has 4 N–H and O–H groups in total. The van der Waals surface area contributed by atoms with Gasteiger partial charge in [0.2, 0.25) is 0 Å². The van der Waals surface area contributed by atoms with Crippen molar-refractivity contribution in [2.75, 3.05) is 26.2 Å². The molecule has 1 aliphatic heterocycles. The number of rotatable bonds is 0. The summed E-state index contributed by atoms with van der Waals surface area (Å²) in [5.74, 6) is -5.75. The predicted octanol–water partition coefficient (Wildman–Crippen LogP) is 2.39. The zero-order chi connectivity index (χ0) is 42.1. The molecule has 56 heavy (non-hydrogen) atoms. The van der Waals surface area contributed by atoms with Gasteiger partial charge in [-0.3, -0.25) is 0 Å². The number of alkyl halides is 6. The van der Waals surface area contributed by atoms with Crippen molar-refractivity contribution in [1.29, 1.82) is 0 Å². The van der Waals surface area contributed by atoms with E-state index in [9.17, 15) is 36.6 Å². The zero-order valence-corrected chi connectivity index (χ0v) is 36.9. The largest absolute Gasteiger partial charge is 2.00 e. The van der Waals surface area contributed by atoms with Crippen molar-refractivity contribution in [3.05, 3.63) is 57.6 Å². The predicted molar refractivity (Wildman–Crippen MR) is 197 cm³/mol. The maximum atomic E-state index is 13.4. The quantitative estimate of drug-likeness (QED) is 0.228. The minimum Gasteiger partial charge on any atom is -0.872 e. The van der Waals surface area contributed by atoms with Gasteiger partial charge >= 0.3 is 58.5 Å². The van der Waals surface area contributed by atoms with E-state index in [1.807, 2.05) is 0 Å². The van der Waals surface area contributed by atoms with E-state index in [4.69, 9.17) is 19.8 Å². The van der Waals surface area contributed by atoms with Crippen LogP contribution < -0.4 is 41.7 Å². The molecule has 2 aromatic carbocycles. The number of carbonyl (C=O) groups is 2. The molecular weight excluding hydrogens is 771 g/mol. The van der Waals surface area contributed by atoms with Crippen LogP contribution in [0.25, 0.3) is 0 Å². The molecule has 0 unspecified atom stereocenters. The summed E-state index contributed by atoms with van der Waals surface area (Å²) < 4.78 is 63.1. The first-order valence-corrected chi connectivity index (χ1v) is 17.3. The smallest absolute Gasteiger partial charge is 0.872 e. The maximum absolute atomic E-state index is 13.4. The Labute approximate surface area is 358 Å². The van der Waals surface area contributed by atoms with Gasteiger partial charge in [-0.05, 0) is 55.0 Å². The number of aliphatic carboxylic acids is 2. The van der Waals surface area contributed by atoms with Gasteiger partial charge in [0.05, 0.1) is 0 Å². The molecular formula is C38H54F6Mg2N4O6. The SMILES string of the molecule is CC1(C)CNCc2cc(C(C)(C)C)cc(c2[O-])CNCC(C)(C)CNCc2cc(C(C)(C)C)cc(c2[O-])CNC1.O=C([O-])C(F)(F)F.O=C([O-])C(F)(F)F.[Mg+2].[Mg+2]. The van der Waals surface area contributed by atoms with Crippen LogP contribution in [0.1, 0.15) is 103 Å². The van der Waals surface area contributed by atoms with Gasteiger partial charge < -0.3 is 51.3 Å². The Balaban J connectivity index is 0. The zero-order valence-electron chi connectivity index (χ0n) is 34.1. The van der Waals surface area contributed by atoms with E-state index in [0.29, 0.717) is 26.2 Å². The summed E-state index contributed by atoms with van der Waals surface area (Å²) in [7, 11) is 0. The van der Waals surface area contributed by atoms with Crippen LogP contribution >= 0.6 is 0 Å². The number of nitrogens with one attached hydrogen (secondary N) is 4. The standard InChI is InChI=1S/C34H56N4O2.2C2HF3O2.2Mg/c1-31(2,3)27-11-23-15-35-19-33(7,8)21-37-17-25-13-28(32(4,5)6)14-26(30(25)40)18-38-22-34(9,10)20-36-16-24(12-27)29(23)39;2*3-2(4,5)1(6)7;;/h11-14,35-40H,15-22H2,1-10H3;2*(H,6,7);;/q;;;2*+2/p-4. The Kier molecular flexibility index (Phi) is 22.4. The van der Waals surface area contributed by atoms with Gasteiger partial charge in [0.15, 0.2) is 0 Å². The fourth-order valence-electron chi connectivity index (χ4n) is 5.17. The van der Waals surface area contributed by atoms with Crippen LogP contribution in [0, 0.1) is 10.8 Å². The number of benzene rings is 2. The molecule has 308 valence electrons. The first kappa shape index (κ1) is 56.0. The molecule has 0 fully saturated rings. The number of fused-ring (bicyclic) bond motifs is 4. The van der Waals surface area contributed by atoms with E-state index in [1.165, 1.54) is 11.1 Å². The summed E-state index contributed by atoms with van der Waals surface area (Å²) in [4.78, 5) is 17.6. The van der Waals surface area contributed by atoms with Gasteiger partial charge in [-0.25, -0.2) is 0 Å². The minimum atomic E-state index is -5.19. The maximum Gasteiger partial charge on any atom is 2.00 e. The summed E-state index contributed by atoms with van der Waals surface area (Å²) in [5, 5.41) is 58.7. The van der Waals surface area contributed by atoms with Crippen molar-refractivity contribution in [3.63, 3.8) is 0 Å². The average Bonchev–Trinajstić information content (AvgIpc) is 2.98. The van der Waals surface area contributed by atoms with E-state index >= 15 is 0 Å². The summed E-state index contributed by atoms with van der Waals surface area (Å²) in [6, 6.07) is 8.33. The van der Waals surface area contributed by atoms with Crippen LogP contribution in [-0.2, 0) is 46.6 Å². The molecule has 2 aromatic rings. The van der Waals surface area contributed by atoms with Crippen molar-refractivity contribution in [2.45, 2.75) is 119 Å². The Bertz CT molecular complexity index is 1390. The fourth-order valence-corrected chi connectivity index (χ4v) is 5.17. The number of hydrogen-bond acceptors (Lipinski definition) is 10. The molecule has 0 saturated carbocycles. The number of carboxylic acid groups (broad SMARTS) is 2. The molecule has 18 heteroatoms. The minimum absolute atomic E-state index is 0. The van der Waals surface area contributed by atoms with Crippen LogP contribution in [0.3, 0.4) is 0 Å². The van der Waals surface area contributed by atoms with E-state index in [2.05, 4.69) is 115 Å². The molecule has 0 saturated heterocycles. The van der Waals surface area contributed by atoms with Gasteiger partial charge in [-0.2, -0.15) is 26.3 Å². The van der Waals surface area contributed by atoms with Crippen molar-refractivity contribution in [1.82, 2.24) is 21.3 Å². The molecule has 4 bridgehead atoms. The summed E-state index contributed by atoms with van der Waals surface area (Å²) in [6.45, 7) is 27.2. The van der Waals surface area contributed by atoms with Crippen LogP contribution in [0.2, 0.25) is 0 Å². The molecule has 1 aliphatic rings. The number of carboxylic acids is 2. The Morgan fingerprint density at radius 2 is 0.696 bits per heavy atom. The summed E-state index contributed by atoms with van der Waals surface area (Å²) in [6.07, 6.45) is -10.4. The molecule has 3 rings (SSSR count). The van der Waals surface area contributed by atoms with Gasteiger partial charge in [-0.15, -0.1) is 0 Å². The van der Waals surface area contributed by atoms with Gasteiger partial charge in [0, 0.05) is 52.4 Å². The van der Waals surface area contributed by atoms with Crippen molar-refractivity contribution in [2.24, 2.45) is 10.8 Å². The topological polar surface area (TPSA) is 174 Å². The van der Waals surface area contributed by atoms with E-state index in [1.54, 1.807) is 0 Å². The third-order valence-electron chi connectivity index (χ3n) is 8.36. The molecule has 10 nitrogen and oxygen atoms in total. The third-order valence-corrected chi connectivity index (χ3v) is 8.36. The normalized spacial score (nSPS) is 16.9. The third kappa shape index (κ3) is 20.1. The van der Waals surface area contributed by atoms with Crippen molar-refractivity contribution >= 4 is 58.0 Å². The van der Waals surface area contributed by atoms with Crippen LogP contribution in [0.15, 0.2) is 24.3 Å². The Morgan fingerprint density at radius 1 is 0.518 bits per heavy atom. The van der Waals surface area contributed by atoms with Gasteiger partial charge in [0.25, 0.3) is 0 Å². The summed E-state index contributed by atoms with van der Waals surface area (Å²) in [5.41, 5.74) is 5.48. The second kappa shape index (κ2) is 22.3. The van der Waals surface area contributed by atoms with Crippen molar-refractivity contribution < 1.29 is 56.4 Å². The van der Waals surface area contributed by atoms with Crippen molar-refractivity contribution in [3.8, 4) is 11.5 Å². The molecule has 0 atom stereocenters. The van der Waals surface area contributed by atoms with E-state index in [0.717, 1.165) is 48.4 Å². The number of carbonyl (C=O) groups excluding carboxylic acids is 2. The molecule has 0 amide bonds. The molecule has 0 aromatic heterocycles. The molecule has 1 heterocycles. The number of halogens is 6. The van der Waals surface area contributed by atoms with Crippen LogP contribution in [0.5, 0.6) is 11.5 Å². The second-order valence-corrected chi connectivity index (χ2v) is 17.1. The first-order chi connectivity index (χ1) is 24.3. The van der Waals surface area contributed by atoms with E-state index in [-0.39, 0.29) is 79.3 Å². The fraction of sp³-hybridized carbons (Fsp3) is 0.632.